The molecule has 1 heterocycles. The maximum atomic E-state index is 12.3. The summed E-state index contributed by atoms with van der Waals surface area (Å²) in [4.78, 5) is 26.7. The summed E-state index contributed by atoms with van der Waals surface area (Å²) in [6.07, 6.45) is 3.32. The largest absolute Gasteiger partial charge is 0.346 e. The van der Waals surface area contributed by atoms with Crippen LogP contribution in [0.1, 0.15) is 35.1 Å². The molecule has 2 N–H and O–H groups in total. The molecule has 2 amide bonds. The molecular weight excluding hydrogens is 374 g/mol. The lowest BCUT2D eigenvalue weighted by Crippen LogP contribution is -2.43. The van der Waals surface area contributed by atoms with Gasteiger partial charge in [0, 0.05) is 5.69 Å². The number of piperidine rings is 1. The van der Waals surface area contributed by atoms with Crippen LogP contribution in [0.15, 0.2) is 42.5 Å². The molecular formula is C25H33N3O2. The molecule has 0 aliphatic carbocycles. The first kappa shape index (κ1) is 22.0. The van der Waals surface area contributed by atoms with Crippen molar-refractivity contribution < 1.29 is 9.59 Å². The molecule has 1 fully saturated rings. The predicted molar refractivity (Wildman–Crippen MR) is 122 cm³/mol. The van der Waals surface area contributed by atoms with Gasteiger partial charge >= 0.3 is 0 Å². The van der Waals surface area contributed by atoms with Gasteiger partial charge in [0.2, 0.25) is 11.8 Å². The number of aryl methyl sites for hydroxylation is 3. The van der Waals surface area contributed by atoms with Gasteiger partial charge in [-0.05, 0) is 75.7 Å². The van der Waals surface area contributed by atoms with E-state index < -0.39 is 0 Å². The Hall–Kier alpha value is -2.66. The van der Waals surface area contributed by atoms with Crippen LogP contribution in [0.5, 0.6) is 0 Å². The van der Waals surface area contributed by atoms with Crippen molar-refractivity contribution in [3.05, 3.63) is 64.7 Å². The van der Waals surface area contributed by atoms with E-state index in [1.165, 1.54) is 11.1 Å². The van der Waals surface area contributed by atoms with Gasteiger partial charge in [-0.1, -0.05) is 48.0 Å². The zero-order chi connectivity index (χ0) is 21.5. The molecule has 5 nitrogen and oxygen atoms in total. The van der Waals surface area contributed by atoms with Gasteiger partial charge in [-0.3, -0.25) is 14.5 Å². The van der Waals surface area contributed by atoms with Crippen molar-refractivity contribution in [2.45, 2.75) is 40.0 Å². The summed E-state index contributed by atoms with van der Waals surface area (Å²) < 4.78 is 0. The molecule has 2 aromatic carbocycles. The zero-order valence-corrected chi connectivity index (χ0v) is 18.3. The molecule has 0 saturated carbocycles. The Bertz CT molecular complexity index is 848. The lowest BCUT2D eigenvalue weighted by molar-refractivity contribution is -0.125. The highest BCUT2D eigenvalue weighted by Gasteiger charge is 2.21. The molecule has 0 atom stereocenters. The molecule has 0 radical (unpaired) electrons. The highest BCUT2D eigenvalue weighted by atomic mass is 16.2. The number of nitrogens with one attached hydrogen (secondary N) is 2. The van der Waals surface area contributed by atoms with E-state index in [4.69, 9.17) is 0 Å². The number of likely N-dealkylation sites (tertiary alicyclic amines) is 1. The lowest BCUT2D eigenvalue weighted by Gasteiger charge is -2.31. The highest BCUT2D eigenvalue weighted by Crippen LogP contribution is 2.22. The van der Waals surface area contributed by atoms with Gasteiger partial charge in [-0.2, -0.15) is 0 Å². The summed E-state index contributed by atoms with van der Waals surface area (Å²) in [5.41, 5.74) is 5.46. The van der Waals surface area contributed by atoms with Crippen LogP contribution in [0.4, 0.5) is 5.69 Å². The van der Waals surface area contributed by atoms with Gasteiger partial charge in [-0.15, -0.1) is 0 Å². The minimum Gasteiger partial charge on any atom is -0.346 e. The fourth-order valence-corrected chi connectivity index (χ4v) is 4.29. The van der Waals surface area contributed by atoms with Crippen LogP contribution in [0, 0.1) is 26.7 Å². The van der Waals surface area contributed by atoms with Gasteiger partial charge in [-0.25, -0.2) is 0 Å². The number of anilines is 1. The van der Waals surface area contributed by atoms with E-state index in [1.807, 2.05) is 39.0 Å². The minimum absolute atomic E-state index is 0.00391. The van der Waals surface area contributed by atoms with E-state index in [2.05, 4.69) is 39.8 Å². The average Bonchev–Trinajstić information content (AvgIpc) is 2.71. The van der Waals surface area contributed by atoms with Gasteiger partial charge in [0.1, 0.15) is 0 Å². The average molecular weight is 408 g/mol. The summed E-state index contributed by atoms with van der Waals surface area (Å²) in [6, 6.07) is 14.7. The first-order valence-electron chi connectivity index (χ1n) is 10.8. The molecule has 5 heteroatoms. The van der Waals surface area contributed by atoms with Crippen molar-refractivity contribution in [1.82, 2.24) is 10.2 Å². The van der Waals surface area contributed by atoms with Crippen molar-refractivity contribution in [2.24, 2.45) is 5.92 Å². The monoisotopic (exact) mass is 407 g/mol. The predicted octanol–water partition coefficient (Wildman–Crippen LogP) is 3.62. The van der Waals surface area contributed by atoms with Crippen molar-refractivity contribution in [3.63, 3.8) is 0 Å². The molecule has 1 aliphatic heterocycles. The molecule has 0 bridgehead atoms. The van der Waals surface area contributed by atoms with E-state index in [-0.39, 0.29) is 18.4 Å². The number of amides is 2. The van der Waals surface area contributed by atoms with Gasteiger partial charge < -0.3 is 10.6 Å². The Morgan fingerprint density at radius 2 is 1.60 bits per heavy atom. The highest BCUT2D eigenvalue weighted by molar-refractivity contribution is 5.96. The number of carbonyl (C=O) groups is 2. The van der Waals surface area contributed by atoms with Crippen LogP contribution >= 0.6 is 0 Å². The Kier molecular flexibility index (Phi) is 7.63. The van der Waals surface area contributed by atoms with E-state index in [0.717, 1.165) is 49.2 Å². The van der Waals surface area contributed by atoms with Crippen LogP contribution in [-0.2, 0) is 16.0 Å². The zero-order valence-electron chi connectivity index (χ0n) is 18.3. The maximum absolute atomic E-state index is 12.3. The summed E-state index contributed by atoms with van der Waals surface area (Å²) in [6.45, 7) is 8.21. The summed E-state index contributed by atoms with van der Waals surface area (Å²) >= 11 is 0. The van der Waals surface area contributed by atoms with E-state index in [0.29, 0.717) is 12.5 Å². The second kappa shape index (κ2) is 10.4. The van der Waals surface area contributed by atoms with Crippen LogP contribution < -0.4 is 10.6 Å². The first-order chi connectivity index (χ1) is 14.4. The van der Waals surface area contributed by atoms with E-state index in [1.54, 1.807) is 0 Å². The smallest absolute Gasteiger partial charge is 0.243 e. The molecule has 2 aromatic rings. The molecule has 0 spiro atoms. The van der Waals surface area contributed by atoms with Crippen molar-refractivity contribution >= 4 is 17.5 Å². The van der Waals surface area contributed by atoms with Crippen LogP contribution in [-0.4, -0.2) is 42.9 Å². The minimum atomic E-state index is -0.194. The van der Waals surface area contributed by atoms with Crippen LogP contribution in [0.2, 0.25) is 0 Å². The lowest BCUT2D eigenvalue weighted by atomic mass is 9.90. The number of hydrogen-bond acceptors (Lipinski definition) is 3. The second-order valence-corrected chi connectivity index (χ2v) is 8.51. The summed E-state index contributed by atoms with van der Waals surface area (Å²) in [5, 5.41) is 5.69. The molecule has 30 heavy (non-hydrogen) atoms. The quantitative estimate of drug-likeness (QED) is 0.737. The SMILES string of the molecule is Cc1cc(C)c(NC(=O)CNC(=O)CN2CCC(Cc3ccccc3)CC2)c(C)c1. The molecule has 0 aromatic heterocycles. The van der Waals surface area contributed by atoms with E-state index in [9.17, 15) is 9.59 Å². The fraction of sp³-hybridized carbons (Fsp3) is 0.440. The van der Waals surface area contributed by atoms with Crippen molar-refractivity contribution in [1.29, 1.82) is 0 Å². The Balaban J connectivity index is 1.37. The number of nitrogens with zero attached hydrogens (tertiary/aromatic N) is 1. The molecule has 1 aliphatic rings. The van der Waals surface area contributed by atoms with Crippen LogP contribution in [0.25, 0.3) is 0 Å². The third-order valence-electron chi connectivity index (χ3n) is 5.83. The maximum Gasteiger partial charge on any atom is 0.243 e. The first-order valence-corrected chi connectivity index (χ1v) is 10.8. The molecule has 0 unspecified atom stereocenters. The van der Waals surface area contributed by atoms with Crippen LogP contribution in [0.3, 0.4) is 0 Å². The summed E-state index contributed by atoms with van der Waals surface area (Å²) in [7, 11) is 0. The van der Waals surface area contributed by atoms with Gasteiger partial charge in [0.05, 0.1) is 13.1 Å². The molecule has 3 rings (SSSR count). The number of benzene rings is 2. The fourth-order valence-electron chi connectivity index (χ4n) is 4.29. The third-order valence-corrected chi connectivity index (χ3v) is 5.83. The normalized spacial score (nSPS) is 15.0. The number of rotatable bonds is 7. The van der Waals surface area contributed by atoms with E-state index >= 15 is 0 Å². The van der Waals surface area contributed by atoms with Gasteiger partial charge in [0.25, 0.3) is 0 Å². The summed E-state index contributed by atoms with van der Waals surface area (Å²) in [5.74, 6) is 0.391. The topological polar surface area (TPSA) is 61.4 Å². The number of hydrogen-bond donors (Lipinski definition) is 2. The third kappa shape index (κ3) is 6.42. The van der Waals surface area contributed by atoms with Gasteiger partial charge in [0.15, 0.2) is 0 Å². The van der Waals surface area contributed by atoms with Crippen molar-refractivity contribution in [2.75, 3.05) is 31.5 Å². The second-order valence-electron chi connectivity index (χ2n) is 8.51. The standard InChI is InChI=1S/C25H33N3O2/c1-18-13-19(2)25(20(3)14-18)27-23(29)16-26-24(30)17-28-11-9-22(10-12-28)15-21-7-5-4-6-8-21/h4-8,13-14,22H,9-12,15-17H2,1-3H3,(H,26,30)(H,27,29). The molecule has 1 saturated heterocycles. The Morgan fingerprint density at radius 3 is 2.23 bits per heavy atom. The Morgan fingerprint density at radius 1 is 0.967 bits per heavy atom. The molecule has 160 valence electrons. The number of carbonyl (C=O) groups excluding carboxylic acids is 2. The van der Waals surface area contributed by atoms with Crippen molar-refractivity contribution in [3.8, 4) is 0 Å². The Labute approximate surface area is 179 Å².